The summed E-state index contributed by atoms with van der Waals surface area (Å²) in [5, 5.41) is 0. The predicted octanol–water partition coefficient (Wildman–Crippen LogP) is 2.17. The second-order valence-electron chi connectivity index (χ2n) is 4.20. The van der Waals surface area contributed by atoms with E-state index in [1.165, 1.54) is 51.4 Å². The molecule has 0 saturated carbocycles. The van der Waals surface area contributed by atoms with Gasteiger partial charge in [0.2, 0.25) is 0 Å². The Bertz CT molecular complexity index is 285. The van der Waals surface area contributed by atoms with Crippen LogP contribution in [0.5, 0.6) is 0 Å². The minimum Gasteiger partial charge on any atom is -0.281 e. The smallest absolute Gasteiger partial charge is 0.281 e. The SMILES string of the molecule is C1=C\CC/C=C\CC/1.C1=C\CC/C=C\CC/1.[C]=O.[C]=O.[C]=O.[C]=O.[C]=O.[C]=O.[C]=O.[C]=O.[Ni]. The molecule has 0 atom stereocenters. The zero-order valence-corrected chi connectivity index (χ0v) is 18.8. The van der Waals surface area contributed by atoms with E-state index in [4.69, 9.17) is 38.4 Å². The molecule has 0 aliphatic heterocycles. The number of carbonyl (C=O) groups excluding carboxylic acids is 8. The van der Waals surface area contributed by atoms with Gasteiger partial charge in [0.15, 0.2) is 0 Å². The molecule has 9 heteroatoms. The molecule has 0 fully saturated rings. The molecule has 0 amide bonds. The molecule has 0 saturated heterocycles. The average Bonchev–Trinajstić information content (AvgIpc) is 2.89. The van der Waals surface area contributed by atoms with E-state index in [2.05, 4.69) is 103 Å². The topological polar surface area (TPSA) is 137 Å². The van der Waals surface area contributed by atoms with E-state index in [1.54, 1.807) is 0 Å². The maximum Gasteiger partial charge on any atom is 0.281 e. The molecule has 2 rings (SSSR count). The first-order valence-electron chi connectivity index (χ1n) is 8.23. The fraction of sp³-hybridized carbons (Fsp3) is 0.333. The fourth-order valence-corrected chi connectivity index (χ4v) is 1.71. The summed E-state index contributed by atoms with van der Waals surface area (Å²) in [5.41, 5.74) is 0. The molecule has 2 aliphatic rings. The quantitative estimate of drug-likeness (QED) is 0.366. The van der Waals surface area contributed by atoms with Crippen molar-refractivity contribution in [2.45, 2.75) is 51.4 Å². The van der Waals surface area contributed by atoms with Crippen LogP contribution in [0, 0.1) is 0 Å². The van der Waals surface area contributed by atoms with E-state index < -0.39 is 0 Å². The number of hydrogen-bond donors (Lipinski definition) is 0. The predicted molar refractivity (Wildman–Crippen MR) is 119 cm³/mol. The van der Waals surface area contributed by atoms with Gasteiger partial charge >= 0.3 is 0 Å². The second kappa shape index (κ2) is 136. The van der Waals surface area contributed by atoms with Crippen LogP contribution in [0.25, 0.3) is 0 Å². The molecule has 0 heterocycles. The zero-order valence-electron chi connectivity index (χ0n) is 17.9. The third-order valence-electron chi connectivity index (χ3n) is 2.67. The van der Waals surface area contributed by atoms with Crippen molar-refractivity contribution in [3.8, 4) is 0 Å². The Kier molecular flexibility index (Phi) is 235. The first-order chi connectivity index (χ1) is 16.0. The van der Waals surface area contributed by atoms with Crippen LogP contribution in [-0.4, -0.2) is 54.3 Å². The Balaban J connectivity index is -0.0000000308. The zero-order chi connectivity index (χ0) is 27.3. The monoisotopic (exact) mass is 498 g/mol. The maximum absolute atomic E-state index is 7.50. The van der Waals surface area contributed by atoms with Crippen molar-refractivity contribution >= 4 is 54.3 Å². The van der Waals surface area contributed by atoms with Crippen molar-refractivity contribution in [1.82, 2.24) is 0 Å². The summed E-state index contributed by atoms with van der Waals surface area (Å²) in [6.07, 6.45) is 28.0. The van der Waals surface area contributed by atoms with Crippen molar-refractivity contribution in [2.75, 3.05) is 0 Å². The fourth-order valence-electron chi connectivity index (χ4n) is 1.71. The number of allylic oxidation sites excluding steroid dienone is 8. The summed E-state index contributed by atoms with van der Waals surface area (Å²) < 4.78 is 0. The summed E-state index contributed by atoms with van der Waals surface area (Å²) in [7, 11) is 0. The van der Waals surface area contributed by atoms with E-state index in [1.807, 2.05) is 0 Å². The minimum absolute atomic E-state index is 0. The van der Waals surface area contributed by atoms with Crippen LogP contribution in [0.4, 0.5) is 0 Å². The van der Waals surface area contributed by atoms with E-state index in [0.29, 0.717) is 0 Å². The van der Waals surface area contributed by atoms with Gasteiger partial charge < -0.3 is 0 Å². The van der Waals surface area contributed by atoms with Gasteiger partial charge in [0.1, 0.15) is 0 Å². The van der Waals surface area contributed by atoms with Crippen LogP contribution in [-0.2, 0) is 54.8 Å². The minimum atomic E-state index is 0. The van der Waals surface area contributed by atoms with Crippen LogP contribution < -0.4 is 0 Å². The molecular weight excluding hydrogens is 475 g/mol. The molecule has 0 unspecified atom stereocenters. The molecule has 178 valence electrons. The van der Waals surface area contributed by atoms with Gasteiger partial charge in [-0.05, 0) is 51.4 Å². The van der Waals surface area contributed by atoms with Gasteiger partial charge in [0, 0.05) is 16.5 Å². The molecule has 33 heavy (non-hydrogen) atoms. The molecule has 0 N–H and O–H groups in total. The summed E-state index contributed by atoms with van der Waals surface area (Å²) in [4.78, 5) is 60.0. The van der Waals surface area contributed by atoms with E-state index in [0.717, 1.165) is 0 Å². The summed E-state index contributed by atoms with van der Waals surface area (Å²) >= 11 is 0. The largest absolute Gasteiger partial charge is 0.281 e. The molecule has 2 aliphatic carbocycles. The first kappa shape index (κ1) is 57.1. The van der Waals surface area contributed by atoms with Gasteiger partial charge in [0.25, 0.3) is 54.3 Å². The standard InChI is InChI=1S/2C8H12.8CO.Ni/c2*1-2-4-6-8-7-5-3-1;8*1-2;/h2*1-2,7-8H,3-6H2;;;;;;;;;/b2*2-1-,8-7-;;;;;;;;;. The Labute approximate surface area is 209 Å². The van der Waals surface area contributed by atoms with Crippen LogP contribution in [0.3, 0.4) is 0 Å². The normalized spacial score (nSPS) is 14.5. The Hall–Kier alpha value is -3.19. The summed E-state index contributed by atoms with van der Waals surface area (Å²) in [5.74, 6) is 0. The Morgan fingerprint density at radius 1 is 0.242 bits per heavy atom. The maximum atomic E-state index is 7.50. The van der Waals surface area contributed by atoms with E-state index in [-0.39, 0.29) is 16.5 Å². The van der Waals surface area contributed by atoms with Gasteiger partial charge in [-0.15, -0.1) is 0 Å². The van der Waals surface area contributed by atoms with Gasteiger partial charge in [-0.3, -0.25) is 38.4 Å². The van der Waals surface area contributed by atoms with Gasteiger partial charge in [-0.1, -0.05) is 48.6 Å². The van der Waals surface area contributed by atoms with Crippen LogP contribution in [0.1, 0.15) is 51.4 Å². The molecule has 8 nitrogen and oxygen atoms in total. The van der Waals surface area contributed by atoms with E-state index >= 15 is 0 Å². The van der Waals surface area contributed by atoms with Gasteiger partial charge in [0.05, 0.1) is 0 Å². The summed E-state index contributed by atoms with van der Waals surface area (Å²) in [6, 6.07) is 0. The number of rotatable bonds is 0. The van der Waals surface area contributed by atoms with Crippen LogP contribution in [0.2, 0.25) is 0 Å². The Morgan fingerprint density at radius 3 is 0.364 bits per heavy atom. The van der Waals surface area contributed by atoms with Crippen molar-refractivity contribution < 1.29 is 54.8 Å². The first-order valence-corrected chi connectivity index (χ1v) is 8.23. The van der Waals surface area contributed by atoms with Crippen molar-refractivity contribution in [3.63, 3.8) is 0 Å². The molecular formula is C24H24NiO8. The molecule has 0 spiro atoms. The molecule has 16 radical (unpaired) electrons. The molecule has 0 aromatic carbocycles. The van der Waals surface area contributed by atoms with Gasteiger partial charge in [-0.25, -0.2) is 0 Å². The van der Waals surface area contributed by atoms with Crippen molar-refractivity contribution in [2.24, 2.45) is 0 Å². The summed E-state index contributed by atoms with van der Waals surface area (Å²) in [6.45, 7) is 36.0. The third-order valence-corrected chi connectivity index (χ3v) is 2.67. The second-order valence-corrected chi connectivity index (χ2v) is 4.20. The van der Waals surface area contributed by atoms with E-state index in [9.17, 15) is 0 Å². The molecule has 0 bridgehead atoms. The average molecular weight is 499 g/mol. The van der Waals surface area contributed by atoms with Crippen LogP contribution >= 0.6 is 0 Å². The number of hydrogen-bond acceptors (Lipinski definition) is 8. The van der Waals surface area contributed by atoms with Gasteiger partial charge in [-0.2, -0.15) is 0 Å². The molecule has 0 aromatic rings. The third kappa shape index (κ3) is 126. The van der Waals surface area contributed by atoms with Crippen molar-refractivity contribution in [1.29, 1.82) is 0 Å². The Morgan fingerprint density at radius 2 is 0.303 bits per heavy atom. The molecule has 0 aromatic heterocycles. The van der Waals surface area contributed by atoms with Crippen molar-refractivity contribution in [3.05, 3.63) is 48.6 Å². The van der Waals surface area contributed by atoms with Crippen LogP contribution in [0.15, 0.2) is 48.6 Å².